The Labute approximate surface area is 182 Å². The zero-order valence-electron chi connectivity index (χ0n) is 15.9. The molecule has 0 bridgehead atoms. The van der Waals surface area contributed by atoms with Crippen LogP contribution in [0.4, 0.5) is 5.13 Å². The highest BCUT2D eigenvalue weighted by Crippen LogP contribution is 2.33. The largest absolute Gasteiger partial charge is 0.301 e. The molecule has 0 saturated carbocycles. The van der Waals surface area contributed by atoms with Crippen LogP contribution in [0.5, 0.6) is 0 Å². The van der Waals surface area contributed by atoms with Crippen LogP contribution in [0.3, 0.4) is 0 Å². The summed E-state index contributed by atoms with van der Waals surface area (Å²) in [5.74, 6) is -0.343. The van der Waals surface area contributed by atoms with Crippen LogP contribution in [-0.2, 0) is 14.8 Å². The molecule has 29 heavy (non-hydrogen) atoms. The van der Waals surface area contributed by atoms with Crippen LogP contribution in [0.1, 0.15) is 30.4 Å². The zero-order valence-corrected chi connectivity index (χ0v) is 19.1. The van der Waals surface area contributed by atoms with Gasteiger partial charge in [-0.3, -0.25) is 4.79 Å². The number of thiazole rings is 1. The summed E-state index contributed by atoms with van der Waals surface area (Å²) in [5, 5.41) is 3.33. The third kappa shape index (κ3) is 4.06. The van der Waals surface area contributed by atoms with E-state index >= 15 is 0 Å². The minimum Gasteiger partial charge on any atom is -0.301 e. The fourth-order valence-corrected chi connectivity index (χ4v) is 7.81. The number of rotatable bonds is 4. The highest BCUT2D eigenvalue weighted by molar-refractivity contribution is 7.91. The van der Waals surface area contributed by atoms with Gasteiger partial charge in [-0.2, -0.15) is 4.31 Å². The minimum atomic E-state index is -3.78. The minimum absolute atomic E-state index is 0.160. The Bertz CT molecular complexity index is 1190. The molecule has 1 amide bonds. The summed E-state index contributed by atoms with van der Waals surface area (Å²) in [6, 6.07) is 6.35. The van der Waals surface area contributed by atoms with Gasteiger partial charge in [0.2, 0.25) is 5.91 Å². The van der Waals surface area contributed by atoms with Gasteiger partial charge in [-0.25, -0.2) is 13.4 Å². The number of fused-ring (bicyclic) bond motifs is 1. The summed E-state index contributed by atoms with van der Waals surface area (Å²) in [6.07, 6.45) is 2.00. The highest BCUT2D eigenvalue weighted by atomic mass is 35.5. The molecule has 2 aromatic heterocycles. The van der Waals surface area contributed by atoms with Crippen LogP contribution in [-0.4, -0.2) is 36.2 Å². The first-order chi connectivity index (χ1) is 13.8. The van der Waals surface area contributed by atoms with Crippen molar-refractivity contribution < 1.29 is 13.2 Å². The van der Waals surface area contributed by atoms with Gasteiger partial charge in [0.15, 0.2) is 5.13 Å². The van der Waals surface area contributed by atoms with E-state index in [1.165, 1.54) is 21.7 Å². The Morgan fingerprint density at radius 3 is 2.76 bits per heavy atom. The van der Waals surface area contributed by atoms with E-state index in [9.17, 15) is 13.2 Å². The van der Waals surface area contributed by atoms with E-state index in [0.29, 0.717) is 22.4 Å². The number of thiophene rings is 1. The van der Waals surface area contributed by atoms with Crippen LogP contribution in [0.15, 0.2) is 28.5 Å². The van der Waals surface area contributed by atoms with E-state index in [2.05, 4.69) is 16.4 Å². The van der Waals surface area contributed by atoms with E-state index in [4.69, 9.17) is 11.6 Å². The van der Waals surface area contributed by atoms with Crippen molar-refractivity contribution in [3.8, 4) is 0 Å². The molecule has 154 valence electrons. The van der Waals surface area contributed by atoms with Crippen molar-refractivity contribution in [3.05, 3.63) is 39.7 Å². The van der Waals surface area contributed by atoms with Gasteiger partial charge in [0.1, 0.15) is 10.3 Å². The lowest BCUT2D eigenvalue weighted by molar-refractivity contribution is -0.120. The first kappa shape index (κ1) is 20.7. The standard InChI is InChI=1S/C19H20ClN3O3S3/c1-11-9-12(2)17-13(10-11)21-19(28-17)22-18(24)14-5-3-4-8-23(14)29(25,26)16-7-6-15(20)27-16/h6-7,9-10,14H,3-5,8H2,1-2H3,(H,21,22,24). The fraction of sp³-hybridized carbons (Fsp3) is 0.368. The number of aromatic nitrogens is 1. The SMILES string of the molecule is Cc1cc(C)c2sc(NC(=O)C3CCCCN3S(=O)(=O)c3ccc(Cl)s3)nc2c1. The number of piperidine rings is 1. The van der Waals surface area contributed by atoms with E-state index in [1.54, 1.807) is 6.07 Å². The number of carbonyl (C=O) groups excluding carboxylic acids is 1. The number of benzene rings is 1. The van der Waals surface area contributed by atoms with E-state index in [0.717, 1.165) is 45.5 Å². The number of hydrogen-bond donors (Lipinski definition) is 1. The quantitative estimate of drug-likeness (QED) is 0.594. The fourth-order valence-electron chi connectivity index (χ4n) is 3.63. The van der Waals surface area contributed by atoms with Crippen molar-refractivity contribution in [2.75, 3.05) is 11.9 Å². The van der Waals surface area contributed by atoms with E-state index in [1.807, 2.05) is 19.9 Å². The summed E-state index contributed by atoms with van der Waals surface area (Å²) in [5.41, 5.74) is 3.05. The smallest absolute Gasteiger partial charge is 0.253 e. The number of anilines is 1. The molecule has 1 atom stereocenters. The van der Waals surface area contributed by atoms with Crippen molar-refractivity contribution in [3.63, 3.8) is 0 Å². The van der Waals surface area contributed by atoms with Crippen molar-refractivity contribution in [2.24, 2.45) is 0 Å². The highest BCUT2D eigenvalue weighted by Gasteiger charge is 2.38. The molecule has 6 nitrogen and oxygen atoms in total. The first-order valence-corrected chi connectivity index (χ1v) is 12.7. The van der Waals surface area contributed by atoms with Crippen LogP contribution in [0.25, 0.3) is 10.2 Å². The lowest BCUT2D eigenvalue weighted by Crippen LogP contribution is -2.49. The molecule has 1 aliphatic rings. The average Bonchev–Trinajstić information content (AvgIpc) is 3.28. The molecule has 4 rings (SSSR count). The molecule has 0 spiro atoms. The van der Waals surface area contributed by atoms with Gasteiger partial charge >= 0.3 is 0 Å². The molecule has 1 fully saturated rings. The molecular formula is C19H20ClN3O3S3. The summed E-state index contributed by atoms with van der Waals surface area (Å²) in [7, 11) is -3.78. The summed E-state index contributed by atoms with van der Waals surface area (Å²) >= 11 is 8.34. The number of nitrogens with zero attached hydrogens (tertiary/aromatic N) is 2. The third-order valence-electron chi connectivity index (χ3n) is 4.92. The van der Waals surface area contributed by atoms with Gasteiger partial charge < -0.3 is 5.32 Å². The lowest BCUT2D eigenvalue weighted by Gasteiger charge is -2.32. The normalized spacial score (nSPS) is 18.2. The number of nitrogens with one attached hydrogen (secondary N) is 1. The summed E-state index contributed by atoms with van der Waals surface area (Å²) in [4.78, 5) is 17.5. The van der Waals surface area contributed by atoms with Gasteiger partial charge in [-0.1, -0.05) is 35.4 Å². The molecule has 1 unspecified atom stereocenters. The van der Waals surface area contributed by atoms with E-state index < -0.39 is 16.1 Å². The van der Waals surface area contributed by atoms with Crippen molar-refractivity contribution in [1.29, 1.82) is 0 Å². The van der Waals surface area contributed by atoms with Crippen molar-refractivity contribution in [1.82, 2.24) is 9.29 Å². The molecule has 3 heterocycles. The van der Waals surface area contributed by atoms with Crippen LogP contribution in [0.2, 0.25) is 4.34 Å². The molecule has 1 aromatic carbocycles. The van der Waals surface area contributed by atoms with Crippen molar-refractivity contribution in [2.45, 2.75) is 43.4 Å². The molecule has 1 N–H and O–H groups in total. The predicted octanol–water partition coefficient (Wildman–Crippen LogP) is 4.81. The maximum absolute atomic E-state index is 13.1. The Morgan fingerprint density at radius 1 is 1.24 bits per heavy atom. The molecule has 1 saturated heterocycles. The van der Waals surface area contributed by atoms with Gasteiger partial charge in [0.25, 0.3) is 10.0 Å². The lowest BCUT2D eigenvalue weighted by atomic mass is 10.0. The second kappa shape index (κ2) is 7.96. The van der Waals surface area contributed by atoms with Gasteiger partial charge in [0.05, 0.1) is 14.6 Å². The van der Waals surface area contributed by atoms with Gasteiger partial charge in [-0.05, 0) is 56.0 Å². The summed E-state index contributed by atoms with van der Waals surface area (Å²) in [6.45, 7) is 4.33. The van der Waals surface area contributed by atoms with Crippen molar-refractivity contribution >= 4 is 65.6 Å². The summed E-state index contributed by atoms with van der Waals surface area (Å²) < 4.78 is 29.0. The molecular weight excluding hydrogens is 450 g/mol. The Balaban J connectivity index is 1.60. The van der Waals surface area contributed by atoms with Gasteiger partial charge in [0, 0.05) is 6.54 Å². The predicted molar refractivity (Wildman–Crippen MR) is 119 cm³/mol. The molecule has 3 aromatic rings. The van der Waals surface area contributed by atoms with Crippen LogP contribution < -0.4 is 5.32 Å². The number of carbonyl (C=O) groups is 1. The number of sulfonamides is 1. The maximum Gasteiger partial charge on any atom is 0.253 e. The zero-order chi connectivity index (χ0) is 20.8. The topological polar surface area (TPSA) is 79.4 Å². The number of amides is 1. The first-order valence-electron chi connectivity index (χ1n) is 9.21. The van der Waals surface area contributed by atoms with Crippen LogP contribution in [0, 0.1) is 13.8 Å². The number of hydrogen-bond acceptors (Lipinski definition) is 6. The molecule has 1 aliphatic heterocycles. The van der Waals surface area contributed by atoms with Gasteiger partial charge in [-0.15, -0.1) is 11.3 Å². The second-order valence-corrected chi connectivity index (χ2v) is 12.0. The Kier molecular flexibility index (Phi) is 5.69. The Hall–Kier alpha value is -1.52. The Morgan fingerprint density at radius 2 is 2.03 bits per heavy atom. The van der Waals surface area contributed by atoms with Crippen LogP contribution >= 0.6 is 34.3 Å². The number of halogens is 1. The number of aryl methyl sites for hydroxylation is 2. The molecule has 0 radical (unpaired) electrons. The van der Waals surface area contributed by atoms with E-state index in [-0.39, 0.29) is 10.1 Å². The molecule has 10 heteroatoms. The third-order valence-corrected chi connectivity index (χ3v) is 9.65. The maximum atomic E-state index is 13.1. The molecule has 0 aliphatic carbocycles. The second-order valence-electron chi connectivity index (χ2n) is 7.12. The monoisotopic (exact) mass is 469 g/mol. The average molecular weight is 470 g/mol.